The van der Waals surface area contributed by atoms with Crippen molar-refractivity contribution in [2.24, 2.45) is 0 Å². The molecule has 1 fully saturated rings. The number of halogens is 2. The molecule has 6 heteroatoms. The van der Waals surface area contributed by atoms with E-state index >= 15 is 0 Å². The lowest BCUT2D eigenvalue weighted by atomic mass is 10.1. The Morgan fingerprint density at radius 2 is 2.05 bits per heavy atom. The summed E-state index contributed by atoms with van der Waals surface area (Å²) in [5.74, 6) is -2.27. The molecule has 0 aromatic heterocycles. The molecule has 4 nitrogen and oxygen atoms in total. The number of benzene rings is 1. The van der Waals surface area contributed by atoms with Gasteiger partial charge in [0, 0.05) is 19.2 Å². The summed E-state index contributed by atoms with van der Waals surface area (Å²) in [6.45, 7) is 4.81. The van der Waals surface area contributed by atoms with Crippen LogP contribution in [0.2, 0.25) is 0 Å². The predicted molar refractivity (Wildman–Crippen MR) is 66.7 cm³/mol. The van der Waals surface area contributed by atoms with Crippen molar-refractivity contribution in [1.29, 1.82) is 0 Å². The van der Waals surface area contributed by atoms with Crippen molar-refractivity contribution in [3.05, 3.63) is 29.3 Å². The van der Waals surface area contributed by atoms with E-state index in [2.05, 4.69) is 0 Å². The maximum atomic E-state index is 13.7. The van der Waals surface area contributed by atoms with Crippen LogP contribution in [0.4, 0.5) is 14.5 Å². The number of nitrogen functional groups attached to an aromatic ring is 1. The van der Waals surface area contributed by atoms with Gasteiger partial charge in [-0.25, -0.2) is 8.78 Å². The van der Waals surface area contributed by atoms with E-state index in [9.17, 15) is 13.6 Å². The van der Waals surface area contributed by atoms with Crippen LogP contribution in [0, 0.1) is 11.6 Å². The summed E-state index contributed by atoms with van der Waals surface area (Å²) in [4.78, 5) is 13.7. The number of nitrogens with two attached hydrogens (primary N) is 1. The number of rotatable bonds is 1. The summed E-state index contributed by atoms with van der Waals surface area (Å²) in [5, 5.41) is 0. The number of ether oxygens (including phenoxy) is 1. The highest BCUT2D eigenvalue weighted by Gasteiger charge is 2.31. The molecular weight excluding hydrogens is 254 g/mol. The Morgan fingerprint density at radius 1 is 1.37 bits per heavy atom. The molecule has 0 saturated carbocycles. The lowest BCUT2D eigenvalue weighted by molar-refractivity contribution is -0.0764. The Kier molecular flexibility index (Phi) is 3.45. The highest BCUT2D eigenvalue weighted by Crippen LogP contribution is 2.22. The zero-order valence-electron chi connectivity index (χ0n) is 10.9. The Morgan fingerprint density at radius 3 is 2.68 bits per heavy atom. The summed E-state index contributed by atoms with van der Waals surface area (Å²) in [6, 6.07) is 1.67. The van der Waals surface area contributed by atoms with E-state index in [-0.39, 0.29) is 11.3 Å². The quantitative estimate of drug-likeness (QED) is 0.792. The Labute approximate surface area is 110 Å². The molecule has 1 aromatic carbocycles. The standard InChI is InChI=1S/C13H16F2N2O2/c1-13(2)7-17(3-4-19-13)12(18)8-5-11(16)10(15)6-9(8)14/h5-6H,3-4,7,16H2,1-2H3. The molecule has 1 saturated heterocycles. The van der Waals surface area contributed by atoms with Crippen molar-refractivity contribution in [1.82, 2.24) is 4.90 Å². The zero-order valence-corrected chi connectivity index (χ0v) is 10.9. The highest BCUT2D eigenvalue weighted by atomic mass is 19.1. The van der Waals surface area contributed by atoms with Crippen LogP contribution in [0.3, 0.4) is 0 Å². The van der Waals surface area contributed by atoms with Gasteiger partial charge in [-0.05, 0) is 19.9 Å². The van der Waals surface area contributed by atoms with Gasteiger partial charge in [0.25, 0.3) is 5.91 Å². The van der Waals surface area contributed by atoms with Crippen LogP contribution < -0.4 is 5.73 Å². The van der Waals surface area contributed by atoms with E-state index in [1.54, 1.807) is 0 Å². The number of carbonyl (C=O) groups is 1. The van der Waals surface area contributed by atoms with Gasteiger partial charge in [0.2, 0.25) is 0 Å². The Balaban J connectivity index is 2.27. The normalized spacial score (nSPS) is 18.4. The molecule has 19 heavy (non-hydrogen) atoms. The molecule has 0 unspecified atom stereocenters. The molecule has 0 bridgehead atoms. The van der Waals surface area contributed by atoms with Gasteiger partial charge in [-0.1, -0.05) is 0 Å². The second-order valence-electron chi connectivity index (χ2n) is 5.19. The molecule has 1 heterocycles. The fraction of sp³-hybridized carbons (Fsp3) is 0.462. The molecule has 104 valence electrons. The summed E-state index contributed by atoms with van der Waals surface area (Å²) in [6.07, 6.45) is 0. The smallest absolute Gasteiger partial charge is 0.257 e. The van der Waals surface area contributed by atoms with Crippen LogP contribution in [0.1, 0.15) is 24.2 Å². The average molecular weight is 270 g/mol. The third-order valence-corrected chi connectivity index (χ3v) is 3.03. The molecule has 2 rings (SSSR count). The lowest BCUT2D eigenvalue weighted by Gasteiger charge is -2.38. The second-order valence-corrected chi connectivity index (χ2v) is 5.19. The Bertz CT molecular complexity index is 518. The molecule has 0 spiro atoms. The van der Waals surface area contributed by atoms with Crippen LogP contribution in [-0.2, 0) is 4.74 Å². The first-order chi connectivity index (χ1) is 8.80. The molecule has 0 radical (unpaired) electrons. The number of carbonyl (C=O) groups excluding carboxylic acids is 1. The maximum Gasteiger partial charge on any atom is 0.257 e. The van der Waals surface area contributed by atoms with Crippen molar-refractivity contribution in [2.75, 3.05) is 25.4 Å². The van der Waals surface area contributed by atoms with Crippen molar-refractivity contribution >= 4 is 11.6 Å². The molecule has 2 N–H and O–H groups in total. The predicted octanol–water partition coefficient (Wildman–Crippen LogP) is 1.80. The van der Waals surface area contributed by atoms with Crippen molar-refractivity contribution in [3.8, 4) is 0 Å². The van der Waals surface area contributed by atoms with Gasteiger partial charge < -0.3 is 15.4 Å². The number of hydrogen-bond donors (Lipinski definition) is 1. The van der Waals surface area contributed by atoms with Crippen LogP contribution in [0.15, 0.2) is 12.1 Å². The number of nitrogens with zero attached hydrogens (tertiary/aromatic N) is 1. The number of morpholine rings is 1. The Hall–Kier alpha value is -1.69. The first-order valence-electron chi connectivity index (χ1n) is 5.98. The minimum Gasteiger partial charge on any atom is -0.396 e. The minimum absolute atomic E-state index is 0.211. The van der Waals surface area contributed by atoms with Crippen LogP contribution in [0.25, 0.3) is 0 Å². The summed E-state index contributed by atoms with van der Waals surface area (Å²) < 4.78 is 32.2. The van der Waals surface area contributed by atoms with Crippen molar-refractivity contribution < 1.29 is 18.3 Å². The number of amides is 1. The molecule has 1 aliphatic rings. The monoisotopic (exact) mass is 270 g/mol. The average Bonchev–Trinajstić information content (AvgIpc) is 2.31. The van der Waals surface area contributed by atoms with Crippen LogP contribution in [-0.4, -0.2) is 36.1 Å². The third-order valence-electron chi connectivity index (χ3n) is 3.03. The zero-order chi connectivity index (χ0) is 14.2. The van der Waals surface area contributed by atoms with Crippen LogP contribution in [0.5, 0.6) is 0 Å². The SMILES string of the molecule is CC1(C)CN(C(=O)c2cc(N)c(F)cc2F)CCO1. The van der Waals surface area contributed by atoms with Gasteiger partial charge in [-0.15, -0.1) is 0 Å². The fourth-order valence-electron chi connectivity index (χ4n) is 2.09. The van der Waals surface area contributed by atoms with Crippen molar-refractivity contribution in [2.45, 2.75) is 19.4 Å². The lowest BCUT2D eigenvalue weighted by Crippen LogP contribution is -2.50. The van der Waals surface area contributed by atoms with Crippen molar-refractivity contribution in [3.63, 3.8) is 0 Å². The van der Waals surface area contributed by atoms with Gasteiger partial charge in [-0.3, -0.25) is 4.79 Å². The molecule has 1 aliphatic heterocycles. The minimum atomic E-state index is -0.902. The van der Waals surface area contributed by atoms with E-state index < -0.39 is 23.1 Å². The molecule has 1 amide bonds. The van der Waals surface area contributed by atoms with E-state index in [0.29, 0.717) is 25.8 Å². The van der Waals surface area contributed by atoms with Crippen LogP contribution >= 0.6 is 0 Å². The van der Waals surface area contributed by atoms with Gasteiger partial charge in [0.15, 0.2) is 0 Å². The van der Waals surface area contributed by atoms with E-state index in [1.165, 1.54) is 4.90 Å². The maximum absolute atomic E-state index is 13.7. The van der Waals surface area contributed by atoms with Gasteiger partial charge in [-0.2, -0.15) is 0 Å². The number of hydrogen-bond acceptors (Lipinski definition) is 3. The molecular formula is C13H16F2N2O2. The van der Waals surface area contributed by atoms with E-state index in [0.717, 1.165) is 6.07 Å². The van der Waals surface area contributed by atoms with Gasteiger partial charge >= 0.3 is 0 Å². The van der Waals surface area contributed by atoms with E-state index in [4.69, 9.17) is 10.5 Å². The summed E-state index contributed by atoms with van der Waals surface area (Å²) in [5.41, 5.74) is 4.45. The first-order valence-corrected chi connectivity index (χ1v) is 5.98. The topological polar surface area (TPSA) is 55.6 Å². The second kappa shape index (κ2) is 4.77. The molecule has 1 aromatic rings. The first kappa shape index (κ1) is 13.7. The highest BCUT2D eigenvalue weighted by molar-refractivity contribution is 5.95. The van der Waals surface area contributed by atoms with Gasteiger partial charge in [0.05, 0.1) is 23.5 Å². The molecule has 0 atom stereocenters. The van der Waals surface area contributed by atoms with Gasteiger partial charge in [0.1, 0.15) is 11.6 Å². The summed E-state index contributed by atoms with van der Waals surface area (Å²) >= 11 is 0. The fourth-order valence-corrected chi connectivity index (χ4v) is 2.09. The molecule has 0 aliphatic carbocycles. The van der Waals surface area contributed by atoms with E-state index in [1.807, 2.05) is 13.8 Å². The summed E-state index contributed by atoms with van der Waals surface area (Å²) in [7, 11) is 0. The largest absolute Gasteiger partial charge is 0.396 e. The third kappa shape index (κ3) is 2.84. The number of anilines is 1.